The number of fused-ring (bicyclic) bond motifs is 1. The maximum absolute atomic E-state index is 13.3. The first-order valence-electron chi connectivity index (χ1n) is 10.0. The third-order valence-corrected chi connectivity index (χ3v) is 6.48. The summed E-state index contributed by atoms with van der Waals surface area (Å²) in [6.45, 7) is -0.722. The van der Waals surface area contributed by atoms with Gasteiger partial charge in [-0.2, -0.15) is 0 Å². The quantitative estimate of drug-likeness (QED) is 0.352. The van der Waals surface area contributed by atoms with E-state index < -0.39 is 36.5 Å². The van der Waals surface area contributed by atoms with Crippen molar-refractivity contribution in [3.05, 3.63) is 36.4 Å². The summed E-state index contributed by atoms with van der Waals surface area (Å²) in [7, 11) is 2.89. The Bertz CT molecular complexity index is 1280. The minimum absolute atomic E-state index is 0.102. The number of carbonyl (C=O) groups is 1. The van der Waals surface area contributed by atoms with Gasteiger partial charge in [-0.1, -0.05) is 0 Å². The summed E-state index contributed by atoms with van der Waals surface area (Å²) in [4.78, 5) is 25.5. The molecule has 0 radical (unpaired) electrons. The van der Waals surface area contributed by atoms with Gasteiger partial charge in [0.15, 0.2) is 17.2 Å². The van der Waals surface area contributed by atoms with Gasteiger partial charge in [-0.05, 0) is 34.6 Å². The summed E-state index contributed by atoms with van der Waals surface area (Å²) in [5, 5.41) is 14.5. The van der Waals surface area contributed by atoms with Crippen LogP contribution in [-0.2, 0) is 19.6 Å². The van der Waals surface area contributed by atoms with Crippen molar-refractivity contribution >= 4 is 51.4 Å². The highest BCUT2D eigenvalue weighted by molar-refractivity contribution is 8.05. The summed E-state index contributed by atoms with van der Waals surface area (Å²) < 4.78 is 34.2. The molecule has 2 unspecified atom stereocenters. The SMILES string of the molecule is COc1cc(OC)cc(C(=O)NC2[C@@H](COP(=O)(Cl)Cl)OCC2(O)n2cnc3c(N)ncnc32)c1. The zero-order valence-electron chi connectivity index (χ0n) is 18.4. The van der Waals surface area contributed by atoms with Gasteiger partial charge in [-0.25, -0.2) is 15.0 Å². The molecule has 4 rings (SSSR count). The summed E-state index contributed by atoms with van der Waals surface area (Å²) in [6, 6.07) is 3.41. The molecule has 1 saturated heterocycles. The first-order valence-corrected chi connectivity index (χ1v) is 13.4. The minimum Gasteiger partial charge on any atom is -0.497 e. The molecule has 16 heteroatoms. The number of nitrogens with zero attached hydrogens (tertiary/aromatic N) is 4. The van der Waals surface area contributed by atoms with E-state index in [2.05, 4.69) is 20.3 Å². The van der Waals surface area contributed by atoms with E-state index in [1.807, 2.05) is 0 Å². The van der Waals surface area contributed by atoms with Gasteiger partial charge >= 0.3 is 6.07 Å². The van der Waals surface area contributed by atoms with Crippen molar-refractivity contribution in [1.82, 2.24) is 24.8 Å². The van der Waals surface area contributed by atoms with E-state index in [0.29, 0.717) is 11.5 Å². The zero-order valence-corrected chi connectivity index (χ0v) is 20.8. The molecule has 0 aliphatic carbocycles. The highest BCUT2D eigenvalue weighted by Gasteiger charge is 2.52. The number of aromatic nitrogens is 4. The lowest BCUT2D eigenvalue weighted by Gasteiger charge is -2.32. The average molecular weight is 547 g/mol. The molecule has 1 amide bonds. The van der Waals surface area contributed by atoms with Crippen LogP contribution in [0, 0.1) is 0 Å². The lowest BCUT2D eigenvalue weighted by atomic mass is 10.0. The second-order valence-electron chi connectivity index (χ2n) is 7.54. The first kappa shape index (κ1) is 25.4. The van der Waals surface area contributed by atoms with Crippen molar-refractivity contribution < 1.29 is 33.2 Å². The van der Waals surface area contributed by atoms with Crippen LogP contribution in [0.2, 0.25) is 0 Å². The molecule has 1 aliphatic heterocycles. The molecule has 13 nitrogen and oxygen atoms in total. The molecular formula is C19H21Cl2N6O7P. The number of hydrogen-bond acceptors (Lipinski definition) is 11. The predicted octanol–water partition coefficient (Wildman–Crippen LogP) is 1.87. The lowest BCUT2D eigenvalue weighted by molar-refractivity contribution is -0.0543. The number of methoxy groups -OCH3 is 2. The van der Waals surface area contributed by atoms with Gasteiger partial charge in [-0.15, -0.1) is 0 Å². The highest BCUT2D eigenvalue weighted by atomic mass is 35.9. The Hall–Kier alpha value is -2.67. The van der Waals surface area contributed by atoms with Crippen molar-refractivity contribution in [1.29, 1.82) is 0 Å². The number of aliphatic hydroxyl groups is 1. The van der Waals surface area contributed by atoms with E-state index in [4.69, 9.17) is 46.9 Å². The van der Waals surface area contributed by atoms with Gasteiger partial charge < -0.3 is 34.9 Å². The van der Waals surface area contributed by atoms with Crippen LogP contribution in [0.5, 0.6) is 11.5 Å². The number of benzene rings is 1. The maximum atomic E-state index is 13.3. The van der Waals surface area contributed by atoms with E-state index in [-0.39, 0.29) is 29.2 Å². The van der Waals surface area contributed by atoms with Crippen LogP contribution in [0.15, 0.2) is 30.9 Å². The number of halogens is 2. The fourth-order valence-electron chi connectivity index (χ4n) is 3.75. The number of nitrogen functional groups attached to an aromatic ring is 1. The highest BCUT2D eigenvalue weighted by Crippen LogP contribution is 2.57. The van der Waals surface area contributed by atoms with Gasteiger partial charge in [0.05, 0.1) is 33.8 Å². The smallest absolute Gasteiger partial charge is 0.380 e. The van der Waals surface area contributed by atoms with Crippen molar-refractivity contribution in [2.45, 2.75) is 17.9 Å². The fourth-order valence-corrected chi connectivity index (χ4v) is 4.40. The molecule has 3 atom stereocenters. The zero-order chi connectivity index (χ0) is 25.4. The number of nitrogens with one attached hydrogen (secondary N) is 1. The van der Waals surface area contributed by atoms with Gasteiger partial charge in [-0.3, -0.25) is 13.9 Å². The van der Waals surface area contributed by atoms with Gasteiger partial charge in [0.2, 0.25) is 0 Å². The monoisotopic (exact) mass is 546 g/mol. The van der Waals surface area contributed by atoms with E-state index in [1.54, 1.807) is 6.07 Å². The number of amides is 1. The van der Waals surface area contributed by atoms with Crippen molar-refractivity contribution in [2.24, 2.45) is 0 Å². The van der Waals surface area contributed by atoms with Crippen LogP contribution in [0.25, 0.3) is 11.2 Å². The van der Waals surface area contributed by atoms with Gasteiger partial charge in [0.1, 0.15) is 35.5 Å². The molecule has 1 aromatic carbocycles. The topological polar surface area (TPSA) is 173 Å². The van der Waals surface area contributed by atoms with Gasteiger partial charge in [0.25, 0.3) is 5.91 Å². The van der Waals surface area contributed by atoms with E-state index in [9.17, 15) is 14.5 Å². The average Bonchev–Trinajstić information content (AvgIpc) is 3.40. The molecule has 4 N–H and O–H groups in total. The van der Waals surface area contributed by atoms with Crippen molar-refractivity contribution in [3.63, 3.8) is 0 Å². The van der Waals surface area contributed by atoms with Crippen LogP contribution in [0.4, 0.5) is 5.82 Å². The number of anilines is 1. The van der Waals surface area contributed by atoms with Crippen LogP contribution < -0.4 is 20.5 Å². The molecule has 0 bridgehead atoms. The van der Waals surface area contributed by atoms with Crippen LogP contribution in [0.1, 0.15) is 10.4 Å². The standard InChI is InChI=1S/C19H21Cl2N6O7P/c1-31-11-3-10(4-12(5-11)32-2)18(28)26-15-13(6-34-35(20,21)30)33-7-19(15,29)27-9-25-14-16(22)23-8-24-17(14)27/h3-5,8-9,13,15,29H,6-7H2,1-2H3,(H,26,28)(H2,22,23,24)/t13-,15?,19?/m1/s1. The molecule has 1 aliphatic rings. The van der Waals surface area contributed by atoms with E-state index in [1.165, 1.54) is 43.6 Å². The Morgan fingerprint density at radius 3 is 2.60 bits per heavy atom. The fraction of sp³-hybridized carbons (Fsp3) is 0.368. The molecule has 0 spiro atoms. The Labute approximate surface area is 208 Å². The molecule has 1 fully saturated rings. The second kappa shape index (κ2) is 9.76. The summed E-state index contributed by atoms with van der Waals surface area (Å²) in [6.07, 6.45) is -2.43. The predicted molar refractivity (Wildman–Crippen MR) is 126 cm³/mol. The van der Waals surface area contributed by atoms with E-state index in [0.717, 1.165) is 0 Å². The number of hydrogen-bond donors (Lipinski definition) is 3. The molecule has 35 heavy (non-hydrogen) atoms. The Morgan fingerprint density at radius 2 is 1.97 bits per heavy atom. The minimum atomic E-state index is -3.93. The van der Waals surface area contributed by atoms with Crippen LogP contribution in [-0.4, -0.2) is 70.1 Å². The Morgan fingerprint density at radius 1 is 1.29 bits per heavy atom. The number of ether oxygens (including phenoxy) is 3. The second-order valence-corrected chi connectivity index (χ2v) is 11.8. The number of carbonyl (C=O) groups excluding carboxylic acids is 1. The van der Waals surface area contributed by atoms with Crippen molar-refractivity contribution in [2.75, 3.05) is 33.2 Å². The van der Waals surface area contributed by atoms with Crippen LogP contribution >= 0.6 is 28.6 Å². The molecule has 188 valence electrons. The molecular weight excluding hydrogens is 526 g/mol. The number of nitrogens with two attached hydrogens (primary N) is 1. The Kier molecular flexibility index (Phi) is 7.09. The summed E-state index contributed by atoms with van der Waals surface area (Å²) in [5.41, 5.74) is 4.58. The van der Waals surface area contributed by atoms with Crippen LogP contribution in [0.3, 0.4) is 0 Å². The molecule has 3 aromatic rings. The Balaban J connectivity index is 1.72. The lowest BCUT2D eigenvalue weighted by Crippen LogP contribution is -2.56. The normalized spacial score (nSPS) is 22.3. The number of rotatable bonds is 8. The van der Waals surface area contributed by atoms with E-state index >= 15 is 0 Å². The molecule has 3 heterocycles. The largest absolute Gasteiger partial charge is 0.497 e. The summed E-state index contributed by atoms with van der Waals surface area (Å²) in [5.74, 6) is 0.265. The maximum Gasteiger partial charge on any atom is 0.380 e. The molecule has 0 saturated carbocycles. The first-order chi connectivity index (χ1) is 16.6. The van der Waals surface area contributed by atoms with Crippen molar-refractivity contribution in [3.8, 4) is 11.5 Å². The van der Waals surface area contributed by atoms with Gasteiger partial charge in [0, 0.05) is 11.6 Å². The third-order valence-electron chi connectivity index (χ3n) is 5.45. The molecule has 2 aromatic heterocycles. The summed E-state index contributed by atoms with van der Waals surface area (Å²) >= 11 is 11.0. The number of imidazole rings is 1. The third kappa shape index (κ3) is 5.15.